The number of hydrogen-bond donors (Lipinski definition) is 0. The van der Waals surface area contributed by atoms with Crippen molar-refractivity contribution in [3.8, 4) is 0 Å². The highest BCUT2D eigenvalue weighted by Gasteiger charge is 2.26. The van der Waals surface area contributed by atoms with Gasteiger partial charge in [0.2, 0.25) is 0 Å². The number of ketones is 1. The van der Waals surface area contributed by atoms with Crippen molar-refractivity contribution in [1.82, 2.24) is 9.78 Å². The number of rotatable bonds is 5. The summed E-state index contributed by atoms with van der Waals surface area (Å²) in [7, 11) is 0.919. The lowest BCUT2D eigenvalue weighted by Crippen LogP contribution is -2.07. The van der Waals surface area contributed by atoms with Crippen molar-refractivity contribution in [2.45, 2.75) is 0 Å². The molecule has 0 radical (unpaired) electrons. The number of aromatic nitrogens is 2. The first-order valence-electron chi connectivity index (χ1n) is 4.23. The van der Waals surface area contributed by atoms with Crippen LogP contribution in [0.25, 0.3) is 0 Å². The van der Waals surface area contributed by atoms with Crippen LogP contribution in [0, 0.1) is 0 Å². The van der Waals surface area contributed by atoms with Crippen LogP contribution in [0.4, 0.5) is 0 Å². The van der Waals surface area contributed by atoms with E-state index in [4.69, 9.17) is 0 Å². The minimum absolute atomic E-state index is 0.272. The number of carbonyl (C=O) groups excluding carboxylic acids is 1. The summed E-state index contributed by atoms with van der Waals surface area (Å²) in [6.07, 6.45) is 2.70. The molecule has 1 heterocycles. The molecule has 0 aliphatic rings. The topological polar surface area (TPSA) is 70.4 Å². The molecule has 7 heteroatoms. The Kier molecular flexibility index (Phi) is 3.79. The fourth-order valence-electron chi connectivity index (χ4n) is 1.04. The Morgan fingerprint density at radius 3 is 2.53 bits per heavy atom. The minimum atomic E-state index is -3.28. The highest BCUT2D eigenvalue weighted by Crippen LogP contribution is 2.46. The molecule has 6 nitrogen and oxygen atoms in total. The second-order valence-electron chi connectivity index (χ2n) is 2.96. The summed E-state index contributed by atoms with van der Waals surface area (Å²) in [5.41, 5.74) is 0.395. The molecule has 84 valence electrons. The summed E-state index contributed by atoms with van der Waals surface area (Å²) in [5.74, 6) is -0.310. The van der Waals surface area contributed by atoms with Crippen LogP contribution >= 0.6 is 7.60 Å². The summed E-state index contributed by atoms with van der Waals surface area (Å²) >= 11 is 0. The molecule has 0 saturated carbocycles. The molecule has 0 N–H and O–H groups in total. The van der Waals surface area contributed by atoms with Gasteiger partial charge in [-0.2, -0.15) is 5.10 Å². The molecule has 0 unspecified atom stereocenters. The molecule has 0 atom stereocenters. The first-order chi connectivity index (χ1) is 7.00. The number of nitrogens with zero attached hydrogens (tertiary/aromatic N) is 2. The van der Waals surface area contributed by atoms with Crippen LogP contribution in [0.5, 0.6) is 0 Å². The standard InChI is InChI=1S/C8H13N2O4P/c1-10-5-7(4-9-10)8(11)6-15(12,13-2)14-3/h4-5H,6H2,1-3H3. The Bertz CT molecular complexity index is 393. The fourth-order valence-corrected chi connectivity index (χ4v) is 1.98. The van der Waals surface area contributed by atoms with Crippen LogP contribution in [0.3, 0.4) is 0 Å². The van der Waals surface area contributed by atoms with Crippen molar-refractivity contribution in [3.05, 3.63) is 18.0 Å². The average molecular weight is 232 g/mol. The SMILES string of the molecule is COP(=O)(CC(=O)c1cnn(C)c1)OC. The number of hydrogen-bond acceptors (Lipinski definition) is 5. The number of aryl methyl sites for hydroxylation is 1. The van der Waals surface area contributed by atoms with Crippen molar-refractivity contribution in [3.63, 3.8) is 0 Å². The molecule has 0 spiro atoms. The van der Waals surface area contributed by atoms with Crippen molar-refractivity contribution < 1.29 is 18.4 Å². The van der Waals surface area contributed by atoms with Crippen LogP contribution in [0.1, 0.15) is 10.4 Å². The highest BCUT2D eigenvalue weighted by atomic mass is 31.2. The van der Waals surface area contributed by atoms with E-state index >= 15 is 0 Å². The Balaban J connectivity index is 2.75. The zero-order chi connectivity index (χ0) is 11.5. The molecule has 0 aromatic carbocycles. The van der Waals surface area contributed by atoms with Gasteiger partial charge in [-0.05, 0) is 0 Å². The Morgan fingerprint density at radius 1 is 1.53 bits per heavy atom. The van der Waals surface area contributed by atoms with Gasteiger partial charge in [0.1, 0.15) is 6.16 Å². The lowest BCUT2D eigenvalue weighted by molar-refractivity contribution is 0.101. The molecule has 1 aromatic rings. The second-order valence-corrected chi connectivity index (χ2v) is 5.23. The van der Waals surface area contributed by atoms with E-state index in [1.54, 1.807) is 13.2 Å². The maximum atomic E-state index is 11.6. The Hall–Kier alpha value is -0.970. The fraction of sp³-hybridized carbons (Fsp3) is 0.500. The van der Waals surface area contributed by atoms with Crippen LogP contribution in [-0.2, 0) is 20.7 Å². The summed E-state index contributed by atoms with van der Waals surface area (Å²) in [6, 6.07) is 0. The average Bonchev–Trinajstić information content (AvgIpc) is 2.65. The van der Waals surface area contributed by atoms with E-state index in [-0.39, 0.29) is 11.9 Å². The van der Waals surface area contributed by atoms with E-state index in [1.165, 1.54) is 25.1 Å². The molecule has 1 aromatic heterocycles. The van der Waals surface area contributed by atoms with Crippen LogP contribution in [0.2, 0.25) is 0 Å². The van der Waals surface area contributed by atoms with E-state index in [9.17, 15) is 9.36 Å². The predicted molar refractivity (Wildman–Crippen MR) is 54.0 cm³/mol. The quantitative estimate of drug-likeness (QED) is 0.561. The van der Waals surface area contributed by atoms with Gasteiger partial charge < -0.3 is 9.05 Å². The summed E-state index contributed by atoms with van der Waals surface area (Å²) in [5, 5.41) is 3.84. The van der Waals surface area contributed by atoms with E-state index < -0.39 is 7.60 Å². The molecule has 0 amide bonds. The van der Waals surface area contributed by atoms with Gasteiger partial charge in [0, 0.05) is 27.5 Å². The minimum Gasteiger partial charge on any atom is -0.312 e. The molecular formula is C8H13N2O4P. The summed E-state index contributed by atoms with van der Waals surface area (Å²) in [4.78, 5) is 11.6. The molecule has 0 bridgehead atoms. The lowest BCUT2D eigenvalue weighted by Gasteiger charge is -2.11. The van der Waals surface area contributed by atoms with Gasteiger partial charge >= 0.3 is 7.60 Å². The predicted octanol–water partition coefficient (Wildman–Crippen LogP) is 1.09. The smallest absolute Gasteiger partial charge is 0.312 e. The first-order valence-corrected chi connectivity index (χ1v) is 5.96. The molecular weight excluding hydrogens is 219 g/mol. The van der Waals surface area contributed by atoms with E-state index in [0.717, 1.165) is 0 Å². The molecule has 0 aliphatic heterocycles. The van der Waals surface area contributed by atoms with Crippen molar-refractivity contribution in [2.24, 2.45) is 7.05 Å². The zero-order valence-electron chi connectivity index (χ0n) is 8.84. The molecule has 0 aliphatic carbocycles. The van der Waals surface area contributed by atoms with Gasteiger partial charge in [0.15, 0.2) is 5.78 Å². The molecule has 0 fully saturated rings. The van der Waals surface area contributed by atoms with Gasteiger partial charge in [-0.15, -0.1) is 0 Å². The van der Waals surface area contributed by atoms with Crippen molar-refractivity contribution >= 4 is 13.4 Å². The van der Waals surface area contributed by atoms with Gasteiger partial charge in [0.05, 0.1) is 11.8 Å². The normalized spacial score (nSPS) is 11.7. The Morgan fingerprint density at radius 2 is 2.13 bits per heavy atom. The third kappa shape index (κ3) is 2.99. The molecule has 0 saturated heterocycles. The largest absolute Gasteiger partial charge is 0.337 e. The molecule has 15 heavy (non-hydrogen) atoms. The van der Waals surface area contributed by atoms with E-state index in [2.05, 4.69) is 14.1 Å². The lowest BCUT2D eigenvalue weighted by atomic mass is 10.3. The van der Waals surface area contributed by atoms with E-state index in [1.807, 2.05) is 0 Å². The summed E-state index contributed by atoms with van der Waals surface area (Å²) in [6.45, 7) is 0. The second kappa shape index (κ2) is 4.70. The third-order valence-electron chi connectivity index (χ3n) is 1.92. The number of Topliss-reactive ketones (excluding diaryl/α,β-unsaturated/α-hetero) is 1. The van der Waals surface area contributed by atoms with Crippen LogP contribution < -0.4 is 0 Å². The van der Waals surface area contributed by atoms with Gasteiger partial charge in [0.25, 0.3) is 0 Å². The summed E-state index contributed by atoms with van der Waals surface area (Å²) < 4.78 is 22.5. The van der Waals surface area contributed by atoms with Gasteiger partial charge in [-0.25, -0.2) is 0 Å². The van der Waals surface area contributed by atoms with E-state index in [0.29, 0.717) is 5.56 Å². The number of carbonyl (C=O) groups is 1. The highest BCUT2D eigenvalue weighted by molar-refractivity contribution is 7.54. The van der Waals surface area contributed by atoms with Gasteiger partial charge in [-0.1, -0.05) is 0 Å². The zero-order valence-corrected chi connectivity index (χ0v) is 9.73. The maximum Gasteiger partial charge on any atom is 0.337 e. The maximum absolute atomic E-state index is 11.6. The first kappa shape index (κ1) is 12.1. The third-order valence-corrected chi connectivity index (χ3v) is 3.71. The van der Waals surface area contributed by atoms with Gasteiger partial charge in [-0.3, -0.25) is 14.0 Å². The van der Waals surface area contributed by atoms with Crippen LogP contribution in [0.15, 0.2) is 12.4 Å². The van der Waals surface area contributed by atoms with Crippen molar-refractivity contribution in [1.29, 1.82) is 0 Å². The van der Waals surface area contributed by atoms with Crippen molar-refractivity contribution in [2.75, 3.05) is 20.4 Å². The molecule has 1 rings (SSSR count). The van der Waals surface area contributed by atoms with Crippen LogP contribution in [-0.4, -0.2) is 35.9 Å². The monoisotopic (exact) mass is 232 g/mol. The Labute approximate surface area is 87.7 Å².